The van der Waals surface area contributed by atoms with Gasteiger partial charge >= 0.3 is 6.09 Å². The van der Waals surface area contributed by atoms with Crippen LogP contribution >= 0.6 is 0 Å². The first-order valence-corrected chi connectivity index (χ1v) is 6.82. The van der Waals surface area contributed by atoms with Crippen LogP contribution in [-0.2, 0) is 0 Å². The second-order valence-corrected chi connectivity index (χ2v) is 5.83. The highest BCUT2D eigenvalue weighted by molar-refractivity contribution is 5.66. The van der Waals surface area contributed by atoms with Gasteiger partial charge in [0, 0.05) is 24.4 Å². The monoisotopic (exact) mass is 295 g/mol. The summed E-state index contributed by atoms with van der Waals surface area (Å²) in [6, 6.07) is 5.03. The van der Waals surface area contributed by atoms with Crippen LogP contribution in [-0.4, -0.2) is 52.6 Å². The van der Waals surface area contributed by atoms with Gasteiger partial charge in [-0.3, -0.25) is 0 Å². The predicted molar refractivity (Wildman–Crippen MR) is 76.8 cm³/mol. The fraction of sp³-hybridized carbons (Fsp3) is 0.533. The highest BCUT2D eigenvalue weighted by atomic mass is 16.5. The second kappa shape index (κ2) is 5.44. The summed E-state index contributed by atoms with van der Waals surface area (Å²) in [5.74, 6) is 0.188. The third-order valence-corrected chi connectivity index (χ3v) is 4.56. The number of hydrogen-bond acceptors (Lipinski definition) is 4. The van der Waals surface area contributed by atoms with Crippen molar-refractivity contribution in [2.45, 2.75) is 25.9 Å². The largest absolute Gasteiger partial charge is 0.504 e. The number of carbonyl (C=O) groups is 1. The quantitative estimate of drug-likeness (QED) is 0.792. The molecule has 0 bridgehead atoms. The average Bonchev–Trinajstić information content (AvgIpc) is 2.78. The van der Waals surface area contributed by atoms with E-state index in [4.69, 9.17) is 4.74 Å². The summed E-state index contributed by atoms with van der Waals surface area (Å²) in [7, 11) is 1.47. The van der Waals surface area contributed by atoms with Crippen molar-refractivity contribution < 1.29 is 24.9 Å². The number of aromatic hydroxyl groups is 1. The molecule has 21 heavy (non-hydrogen) atoms. The SMILES string of the molecule is COc1ccc(C2CN(C(=O)O)CC2(C)C(C)O)cc1O. The van der Waals surface area contributed by atoms with Gasteiger partial charge in [-0.25, -0.2) is 4.79 Å². The van der Waals surface area contributed by atoms with Crippen LogP contribution in [0.3, 0.4) is 0 Å². The van der Waals surface area contributed by atoms with E-state index in [1.54, 1.807) is 25.1 Å². The van der Waals surface area contributed by atoms with Crippen molar-refractivity contribution in [3.63, 3.8) is 0 Å². The number of benzene rings is 1. The molecule has 1 amide bonds. The zero-order valence-corrected chi connectivity index (χ0v) is 12.4. The normalized spacial score (nSPS) is 26.7. The van der Waals surface area contributed by atoms with E-state index in [-0.39, 0.29) is 18.2 Å². The number of likely N-dealkylation sites (tertiary alicyclic amines) is 1. The molecule has 3 atom stereocenters. The fourth-order valence-corrected chi connectivity index (χ4v) is 2.99. The van der Waals surface area contributed by atoms with Crippen LogP contribution in [0.4, 0.5) is 4.79 Å². The number of rotatable bonds is 3. The van der Waals surface area contributed by atoms with Crippen LogP contribution in [0.25, 0.3) is 0 Å². The Morgan fingerprint density at radius 1 is 1.52 bits per heavy atom. The van der Waals surface area contributed by atoms with Crippen LogP contribution in [0.15, 0.2) is 18.2 Å². The molecule has 1 aliphatic rings. The Hall–Kier alpha value is -1.95. The van der Waals surface area contributed by atoms with Crippen LogP contribution < -0.4 is 4.74 Å². The summed E-state index contributed by atoms with van der Waals surface area (Å²) in [6.07, 6.45) is -1.67. The molecule has 3 N–H and O–H groups in total. The molecule has 2 rings (SSSR count). The van der Waals surface area contributed by atoms with E-state index >= 15 is 0 Å². The molecule has 1 fully saturated rings. The van der Waals surface area contributed by atoms with Crippen molar-refractivity contribution in [2.75, 3.05) is 20.2 Å². The van der Waals surface area contributed by atoms with Crippen LogP contribution in [0.1, 0.15) is 25.3 Å². The molecule has 0 aliphatic carbocycles. The minimum absolute atomic E-state index is 0.0108. The summed E-state index contributed by atoms with van der Waals surface area (Å²) >= 11 is 0. The van der Waals surface area contributed by atoms with Gasteiger partial charge in [-0.1, -0.05) is 13.0 Å². The molecule has 1 aromatic carbocycles. The molecule has 116 valence electrons. The topological polar surface area (TPSA) is 90.2 Å². The zero-order valence-electron chi connectivity index (χ0n) is 12.4. The van der Waals surface area contributed by atoms with E-state index in [0.717, 1.165) is 5.56 Å². The molecule has 0 spiro atoms. The number of ether oxygens (including phenoxy) is 1. The Morgan fingerprint density at radius 2 is 2.19 bits per heavy atom. The summed E-state index contributed by atoms with van der Waals surface area (Å²) in [6.45, 7) is 4.09. The maximum Gasteiger partial charge on any atom is 0.407 e. The van der Waals surface area contributed by atoms with Gasteiger partial charge in [-0.2, -0.15) is 0 Å². The lowest BCUT2D eigenvalue weighted by molar-refractivity contribution is 0.0481. The maximum atomic E-state index is 11.2. The van der Waals surface area contributed by atoms with Crippen molar-refractivity contribution in [1.29, 1.82) is 0 Å². The Bertz CT molecular complexity index is 545. The summed E-state index contributed by atoms with van der Waals surface area (Å²) in [5.41, 5.74) is 0.194. The molecule has 1 aromatic rings. The number of phenols is 1. The lowest BCUT2D eigenvalue weighted by atomic mass is 9.72. The van der Waals surface area contributed by atoms with Crippen LogP contribution in [0.5, 0.6) is 11.5 Å². The predicted octanol–water partition coefficient (Wildman–Crippen LogP) is 1.87. The maximum absolute atomic E-state index is 11.2. The number of nitrogens with zero attached hydrogens (tertiary/aromatic N) is 1. The van der Waals surface area contributed by atoms with Gasteiger partial charge in [-0.05, 0) is 24.6 Å². The molecule has 6 heteroatoms. The van der Waals surface area contributed by atoms with E-state index in [2.05, 4.69) is 0 Å². The van der Waals surface area contributed by atoms with E-state index in [1.165, 1.54) is 12.0 Å². The Morgan fingerprint density at radius 3 is 2.67 bits per heavy atom. The summed E-state index contributed by atoms with van der Waals surface area (Å²) in [4.78, 5) is 12.5. The molecular formula is C15H21NO5. The van der Waals surface area contributed by atoms with Gasteiger partial charge in [0.2, 0.25) is 0 Å². The Balaban J connectivity index is 2.40. The molecule has 0 radical (unpaired) electrons. The molecule has 3 unspecified atom stereocenters. The third-order valence-electron chi connectivity index (χ3n) is 4.56. The molecule has 1 aliphatic heterocycles. The van der Waals surface area contributed by atoms with Crippen molar-refractivity contribution in [1.82, 2.24) is 4.90 Å². The van der Waals surface area contributed by atoms with Crippen molar-refractivity contribution >= 4 is 6.09 Å². The number of phenolic OH excluding ortho intramolecular Hbond substituents is 1. The Labute approximate surface area is 123 Å². The van der Waals surface area contributed by atoms with Gasteiger partial charge in [0.25, 0.3) is 0 Å². The summed E-state index contributed by atoms with van der Waals surface area (Å²) < 4.78 is 5.02. The highest BCUT2D eigenvalue weighted by Gasteiger charge is 2.48. The third kappa shape index (κ3) is 2.63. The average molecular weight is 295 g/mol. The van der Waals surface area contributed by atoms with Crippen molar-refractivity contribution in [3.8, 4) is 11.5 Å². The zero-order chi connectivity index (χ0) is 15.8. The number of amides is 1. The fourth-order valence-electron chi connectivity index (χ4n) is 2.99. The molecule has 0 aromatic heterocycles. The van der Waals surface area contributed by atoms with Gasteiger partial charge in [0.15, 0.2) is 11.5 Å². The second-order valence-electron chi connectivity index (χ2n) is 5.83. The van der Waals surface area contributed by atoms with E-state index in [0.29, 0.717) is 12.3 Å². The molecule has 1 saturated heterocycles. The van der Waals surface area contributed by atoms with E-state index in [9.17, 15) is 20.1 Å². The lowest BCUT2D eigenvalue weighted by Crippen LogP contribution is -2.37. The van der Waals surface area contributed by atoms with Crippen LogP contribution in [0, 0.1) is 5.41 Å². The van der Waals surface area contributed by atoms with Gasteiger partial charge in [0.1, 0.15) is 0 Å². The van der Waals surface area contributed by atoms with Gasteiger partial charge < -0.3 is 25.0 Å². The van der Waals surface area contributed by atoms with Gasteiger partial charge in [0.05, 0.1) is 13.2 Å². The molecule has 6 nitrogen and oxygen atoms in total. The van der Waals surface area contributed by atoms with E-state index < -0.39 is 17.6 Å². The molecule has 1 heterocycles. The minimum atomic E-state index is -0.998. The van der Waals surface area contributed by atoms with Gasteiger partial charge in [-0.15, -0.1) is 0 Å². The highest BCUT2D eigenvalue weighted by Crippen LogP contribution is 2.46. The first kappa shape index (κ1) is 15.4. The van der Waals surface area contributed by atoms with Crippen LogP contribution in [0.2, 0.25) is 0 Å². The smallest absolute Gasteiger partial charge is 0.407 e. The number of aliphatic hydroxyl groups excluding tert-OH is 1. The molecular weight excluding hydrogens is 274 g/mol. The number of methoxy groups -OCH3 is 1. The minimum Gasteiger partial charge on any atom is -0.504 e. The van der Waals surface area contributed by atoms with Crippen molar-refractivity contribution in [3.05, 3.63) is 23.8 Å². The van der Waals surface area contributed by atoms with E-state index in [1.807, 2.05) is 6.92 Å². The number of carboxylic acid groups (broad SMARTS) is 1. The lowest BCUT2D eigenvalue weighted by Gasteiger charge is -2.33. The first-order valence-electron chi connectivity index (χ1n) is 6.82. The standard InChI is InChI=1S/C15H21NO5/c1-9(17)15(2)8-16(14(19)20)7-11(15)10-4-5-13(21-3)12(18)6-10/h4-6,9,11,17-18H,7-8H2,1-3H3,(H,19,20). The first-order chi connectivity index (χ1) is 9.79. The summed E-state index contributed by atoms with van der Waals surface area (Å²) in [5, 5.41) is 29.2. The Kier molecular flexibility index (Phi) is 4.00. The number of hydrogen-bond donors (Lipinski definition) is 3. The van der Waals surface area contributed by atoms with Crippen molar-refractivity contribution in [2.24, 2.45) is 5.41 Å². The molecule has 0 saturated carbocycles. The number of aliphatic hydroxyl groups is 1.